The molecule has 0 saturated carbocycles. The number of hydrogen-bond acceptors (Lipinski definition) is 3. The van der Waals surface area contributed by atoms with Crippen molar-refractivity contribution in [2.75, 3.05) is 12.4 Å². The van der Waals surface area contributed by atoms with Crippen LogP contribution in [0.2, 0.25) is 0 Å². The smallest absolute Gasteiger partial charge is 0.174 e. The number of rotatable bonds is 6. The molecule has 0 aliphatic carbocycles. The van der Waals surface area contributed by atoms with E-state index in [1.54, 1.807) is 19.5 Å². The fourth-order valence-electron chi connectivity index (χ4n) is 2.95. The molecule has 138 valence electrons. The summed E-state index contributed by atoms with van der Waals surface area (Å²) in [7, 11) is 1.69. The van der Waals surface area contributed by atoms with Crippen molar-refractivity contribution in [3.63, 3.8) is 0 Å². The highest BCUT2D eigenvalue weighted by atomic mass is 32.1. The van der Waals surface area contributed by atoms with Gasteiger partial charge in [-0.3, -0.25) is 4.98 Å². The summed E-state index contributed by atoms with van der Waals surface area (Å²) in [5, 5.41) is 3.95. The minimum atomic E-state index is 0.0905. The van der Waals surface area contributed by atoms with Gasteiger partial charge in [0.1, 0.15) is 5.75 Å². The summed E-state index contributed by atoms with van der Waals surface area (Å²) in [5.74, 6) is 0.854. The largest absolute Gasteiger partial charge is 0.496 e. The topological polar surface area (TPSA) is 37.4 Å². The molecule has 27 heavy (non-hydrogen) atoms. The van der Waals surface area contributed by atoms with E-state index in [0.717, 1.165) is 17.0 Å². The van der Waals surface area contributed by atoms with Gasteiger partial charge in [-0.2, -0.15) is 0 Å². The molecule has 0 spiro atoms. The molecule has 3 rings (SSSR count). The van der Waals surface area contributed by atoms with E-state index in [0.29, 0.717) is 11.7 Å². The van der Waals surface area contributed by atoms with Crippen molar-refractivity contribution in [2.45, 2.75) is 19.5 Å². The third-order valence-electron chi connectivity index (χ3n) is 4.46. The molecule has 2 aromatic carbocycles. The zero-order valence-electron chi connectivity index (χ0n) is 15.5. The van der Waals surface area contributed by atoms with Gasteiger partial charge in [0, 0.05) is 18.3 Å². The van der Waals surface area contributed by atoms with E-state index in [2.05, 4.69) is 40.3 Å². The maximum atomic E-state index is 5.76. The molecule has 1 heterocycles. The molecule has 0 aliphatic heterocycles. The highest BCUT2D eigenvalue weighted by Crippen LogP contribution is 2.27. The fourth-order valence-corrected chi connectivity index (χ4v) is 3.29. The van der Waals surface area contributed by atoms with Crippen molar-refractivity contribution < 1.29 is 4.74 Å². The molecule has 4 nitrogen and oxygen atoms in total. The Bertz CT molecular complexity index is 871. The lowest BCUT2D eigenvalue weighted by Gasteiger charge is -2.32. The fraction of sp³-hybridized carbons (Fsp3) is 0.182. The number of anilines is 1. The molecule has 0 radical (unpaired) electrons. The maximum absolute atomic E-state index is 5.76. The number of pyridine rings is 1. The number of nitrogens with zero attached hydrogens (tertiary/aromatic N) is 2. The van der Waals surface area contributed by atoms with Crippen LogP contribution in [0.5, 0.6) is 5.75 Å². The summed E-state index contributed by atoms with van der Waals surface area (Å²) < 4.78 is 5.53. The second kappa shape index (κ2) is 9.14. The molecule has 0 fully saturated rings. The molecule has 5 heteroatoms. The Morgan fingerprint density at radius 3 is 2.52 bits per heavy atom. The molecule has 1 atom stereocenters. The second-order valence-electron chi connectivity index (χ2n) is 6.20. The van der Waals surface area contributed by atoms with Crippen molar-refractivity contribution >= 4 is 23.0 Å². The van der Waals surface area contributed by atoms with E-state index in [-0.39, 0.29) is 6.04 Å². The first-order valence-electron chi connectivity index (χ1n) is 8.83. The van der Waals surface area contributed by atoms with E-state index in [1.165, 1.54) is 5.56 Å². The Labute approximate surface area is 165 Å². The lowest BCUT2D eigenvalue weighted by molar-refractivity contribution is 0.324. The van der Waals surface area contributed by atoms with Gasteiger partial charge in [-0.25, -0.2) is 0 Å². The summed E-state index contributed by atoms with van der Waals surface area (Å²) in [6.45, 7) is 2.79. The number of benzene rings is 2. The molecule has 0 amide bonds. The molecule has 0 unspecified atom stereocenters. The Balaban J connectivity index is 1.89. The van der Waals surface area contributed by atoms with Crippen LogP contribution in [0, 0.1) is 0 Å². The van der Waals surface area contributed by atoms with Gasteiger partial charge in [-0.05, 0) is 42.9 Å². The summed E-state index contributed by atoms with van der Waals surface area (Å²) >= 11 is 5.76. The molecular weight excluding hydrogens is 354 g/mol. The SMILES string of the molecule is COc1ccccc1CN(C(=S)Nc1cccnc1)[C@@H](C)c1ccccc1. The van der Waals surface area contributed by atoms with Gasteiger partial charge < -0.3 is 15.0 Å². The molecular formula is C22H23N3OS. The van der Waals surface area contributed by atoms with Gasteiger partial charge >= 0.3 is 0 Å². The zero-order valence-corrected chi connectivity index (χ0v) is 16.3. The first-order valence-corrected chi connectivity index (χ1v) is 9.24. The van der Waals surface area contributed by atoms with E-state index in [1.807, 2.05) is 48.5 Å². The third kappa shape index (κ3) is 4.83. The summed E-state index contributed by atoms with van der Waals surface area (Å²) in [6.07, 6.45) is 3.51. The summed E-state index contributed by atoms with van der Waals surface area (Å²) in [5.41, 5.74) is 3.15. The number of para-hydroxylation sites is 1. The summed E-state index contributed by atoms with van der Waals surface area (Å²) in [4.78, 5) is 6.31. The maximum Gasteiger partial charge on any atom is 0.174 e. The van der Waals surface area contributed by atoms with Crippen LogP contribution in [0.25, 0.3) is 0 Å². The van der Waals surface area contributed by atoms with Gasteiger partial charge in [0.25, 0.3) is 0 Å². The van der Waals surface area contributed by atoms with E-state index >= 15 is 0 Å². The first kappa shape index (κ1) is 18.9. The lowest BCUT2D eigenvalue weighted by Crippen LogP contribution is -2.36. The number of hydrogen-bond donors (Lipinski definition) is 1. The number of ether oxygens (including phenoxy) is 1. The van der Waals surface area contributed by atoms with Crippen molar-refractivity contribution in [1.29, 1.82) is 0 Å². The third-order valence-corrected chi connectivity index (χ3v) is 4.79. The Hall–Kier alpha value is -2.92. The zero-order chi connectivity index (χ0) is 19.1. The van der Waals surface area contributed by atoms with Gasteiger partial charge in [0.15, 0.2) is 5.11 Å². The molecule has 0 aliphatic rings. The average molecular weight is 378 g/mol. The first-order chi connectivity index (χ1) is 13.2. The monoisotopic (exact) mass is 377 g/mol. The number of nitrogens with one attached hydrogen (secondary N) is 1. The van der Waals surface area contributed by atoms with E-state index in [9.17, 15) is 0 Å². The van der Waals surface area contributed by atoms with Crippen LogP contribution in [0.15, 0.2) is 79.1 Å². The van der Waals surface area contributed by atoms with Gasteiger partial charge in [-0.15, -0.1) is 0 Å². The number of aromatic nitrogens is 1. The lowest BCUT2D eigenvalue weighted by atomic mass is 10.1. The van der Waals surface area contributed by atoms with Crippen molar-refractivity contribution in [3.05, 3.63) is 90.3 Å². The van der Waals surface area contributed by atoms with E-state index in [4.69, 9.17) is 17.0 Å². The van der Waals surface area contributed by atoms with Crippen LogP contribution in [0.4, 0.5) is 5.69 Å². The molecule has 1 aromatic heterocycles. The Morgan fingerprint density at radius 2 is 1.81 bits per heavy atom. The number of methoxy groups -OCH3 is 1. The standard InChI is InChI=1S/C22H23N3OS/c1-17(18-9-4-3-5-10-18)25(16-19-11-6-7-13-21(19)26-2)22(27)24-20-12-8-14-23-15-20/h3-15,17H,16H2,1-2H3,(H,24,27)/t17-/m0/s1. The highest BCUT2D eigenvalue weighted by Gasteiger charge is 2.20. The normalized spacial score (nSPS) is 11.5. The van der Waals surface area contributed by atoms with Crippen molar-refractivity contribution in [3.8, 4) is 5.75 Å². The molecule has 1 N–H and O–H groups in total. The van der Waals surface area contributed by atoms with Crippen LogP contribution in [-0.4, -0.2) is 22.1 Å². The van der Waals surface area contributed by atoms with Crippen molar-refractivity contribution in [2.24, 2.45) is 0 Å². The van der Waals surface area contributed by atoms with Crippen molar-refractivity contribution in [1.82, 2.24) is 9.88 Å². The summed E-state index contributed by atoms with van der Waals surface area (Å²) in [6, 6.07) is 22.3. The average Bonchev–Trinajstić information content (AvgIpc) is 2.73. The molecule has 3 aromatic rings. The van der Waals surface area contributed by atoms with Gasteiger partial charge in [0.2, 0.25) is 0 Å². The van der Waals surface area contributed by atoms with Gasteiger partial charge in [0.05, 0.1) is 25.0 Å². The minimum Gasteiger partial charge on any atom is -0.496 e. The second-order valence-corrected chi connectivity index (χ2v) is 6.58. The predicted octanol–water partition coefficient (Wildman–Crippen LogP) is 5.05. The Morgan fingerprint density at radius 1 is 1.07 bits per heavy atom. The van der Waals surface area contributed by atoms with Crippen LogP contribution >= 0.6 is 12.2 Å². The molecule has 0 saturated heterocycles. The highest BCUT2D eigenvalue weighted by molar-refractivity contribution is 7.80. The predicted molar refractivity (Wildman–Crippen MR) is 114 cm³/mol. The van der Waals surface area contributed by atoms with Crippen LogP contribution in [0.1, 0.15) is 24.1 Å². The number of thiocarbonyl (C=S) groups is 1. The quantitative estimate of drug-likeness (QED) is 0.609. The Kier molecular flexibility index (Phi) is 6.39. The minimum absolute atomic E-state index is 0.0905. The molecule has 0 bridgehead atoms. The van der Waals surface area contributed by atoms with Gasteiger partial charge in [-0.1, -0.05) is 48.5 Å². The van der Waals surface area contributed by atoms with Crippen LogP contribution < -0.4 is 10.1 Å². The van der Waals surface area contributed by atoms with Crippen LogP contribution in [0.3, 0.4) is 0 Å². The van der Waals surface area contributed by atoms with E-state index < -0.39 is 0 Å². The van der Waals surface area contributed by atoms with Crippen LogP contribution in [-0.2, 0) is 6.54 Å².